The molecule has 0 saturated heterocycles. The van der Waals surface area contributed by atoms with Gasteiger partial charge in [-0.25, -0.2) is 4.79 Å². The Bertz CT molecular complexity index is 1000. The number of benzene rings is 2. The van der Waals surface area contributed by atoms with Gasteiger partial charge in [0.15, 0.2) is 6.61 Å². The normalized spacial score (nSPS) is 11.7. The summed E-state index contributed by atoms with van der Waals surface area (Å²) in [6.45, 7) is 1.31. The van der Waals surface area contributed by atoms with Gasteiger partial charge >= 0.3 is 11.9 Å². The van der Waals surface area contributed by atoms with E-state index in [-0.39, 0.29) is 11.8 Å². The number of amides is 1. The molecular formula is C19H16N2O6. The van der Waals surface area contributed by atoms with Crippen molar-refractivity contribution in [2.45, 2.75) is 13.0 Å². The number of nitrogens with zero attached hydrogens (tertiary/aromatic N) is 1. The Kier molecular flexibility index (Phi) is 5.16. The van der Waals surface area contributed by atoms with Gasteiger partial charge in [-0.2, -0.15) is 0 Å². The number of nitrogens with one attached hydrogen (secondary N) is 1. The van der Waals surface area contributed by atoms with E-state index in [1.807, 2.05) is 49.4 Å². The Morgan fingerprint density at radius 2 is 1.89 bits per heavy atom. The van der Waals surface area contributed by atoms with Gasteiger partial charge in [0.05, 0.1) is 12.1 Å². The van der Waals surface area contributed by atoms with Crippen molar-refractivity contribution in [1.82, 2.24) is 5.32 Å². The number of hydrogen-bond donors (Lipinski definition) is 1. The lowest BCUT2D eigenvalue weighted by Crippen LogP contribution is -2.31. The standard InChI is InChI=1S/C19H16N2O6/c1-12(14-8-4-6-13-5-2-3-7-15(13)14)20-17(22)11-26-19(23)16-9-10-18(27-16)21(24)25/h2-10,12H,11H2,1H3,(H,20,22). The molecule has 2 aromatic carbocycles. The van der Waals surface area contributed by atoms with Gasteiger partial charge in [-0.05, 0) is 29.3 Å². The monoisotopic (exact) mass is 368 g/mol. The predicted molar refractivity (Wildman–Crippen MR) is 96.2 cm³/mol. The van der Waals surface area contributed by atoms with Crippen molar-refractivity contribution in [3.63, 3.8) is 0 Å². The average Bonchev–Trinajstić information content (AvgIpc) is 3.16. The minimum Gasteiger partial charge on any atom is -0.450 e. The first-order chi connectivity index (χ1) is 13.0. The second-order valence-corrected chi connectivity index (χ2v) is 5.83. The van der Waals surface area contributed by atoms with E-state index in [9.17, 15) is 19.7 Å². The zero-order valence-corrected chi connectivity index (χ0v) is 14.4. The second kappa shape index (κ2) is 7.69. The molecule has 0 aliphatic heterocycles. The summed E-state index contributed by atoms with van der Waals surface area (Å²) in [5.41, 5.74) is 0.939. The minimum atomic E-state index is -0.948. The van der Waals surface area contributed by atoms with Crippen LogP contribution in [0.1, 0.15) is 29.1 Å². The number of hydrogen-bond acceptors (Lipinski definition) is 6. The topological polar surface area (TPSA) is 112 Å². The molecule has 0 fully saturated rings. The van der Waals surface area contributed by atoms with Crippen molar-refractivity contribution < 1.29 is 23.7 Å². The van der Waals surface area contributed by atoms with E-state index in [2.05, 4.69) is 5.32 Å². The first-order valence-corrected chi connectivity index (χ1v) is 8.14. The molecule has 8 nitrogen and oxygen atoms in total. The molecule has 1 N–H and O–H groups in total. The molecule has 1 amide bonds. The maximum Gasteiger partial charge on any atom is 0.433 e. The average molecular weight is 368 g/mol. The third-order valence-electron chi connectivity index (χ3n) is 3.97. The van der Waals surface area contributed by atoms with Crippen LogP contribution in [0.15, 0.2) is 59.0 Å². The summed E-state index contributed by atoms with van der Waals surface area (Å²) in [6.07, 6.45) is 0. The first kappa shape index (κ1) is 18.1. The number of fused-ring (bicyclic) bond motifs is 1. The zero-order valence-electron chi connectivity index (χ0n) is 14.4. The number of ether oxygens (including phenoxy) is 1. The van der Waals surface area contributed by atoms with Gasteiger partial charge in [0.25, 0.3) is 5.91 Å². The molecule has 1 aromatic heterocycles. The fourth-order valence-electron chi connectivity index (χ4n) is 2.73. The maximum absolute atomic E-state index is 12.1. The van der Waals surface area contributed by atoms with E-state index in [0.29, 0.717) is 0 Å². The largest absolute Gasteiger partial charge is 0.450 e. The highest BCUT2D eigenvalue weighted by molar-refractivity contribution is 5.90. The lowest BCUT2D eigenvalue weighted by Gasteiger charge is -2.16. The van der Waals surface area contributed by atoms with Crippen LogP contribution in [0, 0.1) is 10.1 Å². The third-order valence-corrected chi connectivity index (χ3v) is 3.97. The maximum atomic E-state index is 12.1. The molecule has 1 atom stereocenters. The number of nitro groups is 1. The molecule has 0 radical (unpaired) electrons. The molecule has 3 rings (SSSR count). The number of esters is 1. The number of carbonyl (C=O) groups is 2. The molecule has 27 heavy (non-hydrogen) atoms. The predicted octanol–water partition coefficient (Wildman–Crippen LogP) is 3.38. The molecule has 1 unspecified atom stereocenters. The highest BCUT2D eigenvalue weighted by Gasteiger charge is 2.20. The minimum absolute atomic E-state index is 0.299. The number of rotatable bonds is 6. The lowest BCUT2D eigenvalue weighted by atomic mass is 10.00. The summed E-state index contributed by atoms with van der Waals surface area (Å²) in [5.74, 6) is -2.35. The summed E-state index contributed by atoms with van der Waals surface area (Å²) >= 11 is 0. The lowest BCUT2D eigenvalue weighted by molar-refractivity contribution is -0.402. The van der Waals surface area contributed by atoms with Crippen LogP contribution < -0.4 is 5.32 Å². The molecule has 8 heteroatoms. The van der Waals surface area contributed by atoms with E-state index in [1.54, 1.807) is 0 Å². The van der Waals surface area contributed by atoms with Crippen molar-refractivity contribution >= 4 is 28.5 Å². The molecule has 138 valence electrons. The van der Waals surface area contributed by atoms with Gasteiger partial charge in [0.1, 0.15) is 4.92 Å². The summed E-state index contributed by atoms with van der Waals surface area (Å²) < 4.78 is 9.57. The van der Waals surface area contributed by atoms with E-state index in [1.165, 1.54) is 0 Å². The number of carbonyl (C=O) groups excluding carboxylic acids is 2. The van der Waals surface area contributed by atoms with Crippen LogP contribution in [0.2, 0.25) is 0 Å². The van der Waals surface area contributed by atoms with Crippen molar-refractivity contribution in [1.29, 1.82) is 0 Å². The van der Waals surface area contributed by atoms with E-state index >= 15 is 0 Å². The Labute approximate surface area is 153 Å². The molecule has 0 spiro atoms. The second-order valence-electron chi connectivity index (χ2n) is 5.83. The zero-order chi connectivity index (χ0) is 19.4. The first-order valence-electron chi connectivity index (χ1n) is 8.14. The highest BCUT2D eigenvalue weighted by atomic mass is 16.7. The fourth-order valence-corrected chi connectivity index (χ4v) is 2.73. The number of furan rings is 1. The molecule has 0 aliphatic rings. The molecule has 0 aliphatic carbocycles. The van der Waals surface area contributed by atoms with E-state index in [4.69, 9.17) is 9.15 Å². The van der Waals surface area contributed by atoms with Crippen LogP contribution in [0.3, 0.4) is 0 Å². The van der Waals surface area contributed by atoms with Crippen LogP contribution in [0.5, 0.6) is 0 Å². The van der Waals surface area contributed by atoms with Crippen LogP contribution >= 0.6 is 0 Å². The van der Waals surface area contributed by atoms with E-state index in [0.717, 1.165) is 28.5 Å². The van der Waals surface area contributed by atoms with Gasteiger partial charge in [0.2, 0.25) is 5.76 Å². The van der Waals surface area contributed by atoms with Crippen molar-refractivity contribution in [3.8, 4) is 0 Å². The summed E-state index contributed by atoms with van der Waals surface area (Å²) in [6, 6.07) is 15.5. The van der Waals surface area contributed by atoms with Crippen LogP contribution in [-0.2, 0) is 9.53 Å². The van der Waals surface area contributed by atoms with Gasteiger partial charge in [-0.1, -0.05) is 42.5 Å². The Balaban J connectivity index is 1.60. The van der Waals surface area contributed by atoms with Gasteiger partial charge in [-0.3, -0.25) is 14.9 Å². The molecule has 1 heterocycles. The molecular weight excluding hydrogens is 352 g/mol. The molecule has 0 bridgehead atoms. The van der Waals surface area contributed by atoms with Crippen molar-refractivity contribution in [2.75, 3.05) is 6.61 Å². The van der Waals surface area contributed by atoms with Gasteiger partial charge < -0.3 is 14.5 Å². The summed E-state index contributed by atoms with van der Waals surface area (Å²) in [5, 5.41) is 15.4. The fraction of sp³-hybridized carbons (Fsp3) is 0.158. The van der Waals surface area contributed by atoms with Gasteiger partial charge in [0, 0.05) is 0 Å². The van der Waals surface area contributed by atoms with Crippen molar-refractivity contribution in [2.24, 2.45) is 0 Å². The molecule has 0 saturated carbocycles. The highest BCUT2D eigenvalue weighted by Crippen LogP contribution is 2.24. The quantitative estimate of drug-likeness (QED) is 0.405. The summed E-state index contributed by atoms with van der Waals surface area (Å²) in [4.78, 5) is 33.7. The van der Waals surface area contributed by atoms with Crippen LogP contribution in [-0.4, -0.2) is 23.4 Å². The Hall–Kier alpha value is -3.68. The van der Waals surface area contributed by atoms with Gasteiger partial charge in [-0.15, -0.1) is 0 Å². The third kappa shape index (κ3) is 4.12. The van der Waals surface area contributed by atoms with Crippen LogP contribution in [0.4, 0.5) is 5.88 Å². The Morgan fingerprint density at radius 3 is 2.63 bits per heavy atom. The van der Waals surface area contributed by atoms with Crippen molar-refractivity contribution in [3.05, 3.63) is 76.0 Å². The van der Waals surface area contributed by atoms with Crippen LogP contribution in [0.25, 0.3) is 10.8 Å². The summed E-state index contributed by atoms with van der Waals surface area (Å²) in [7, 11) is 0. The smallest absolute Gasteiger partial charge is 0.433 e. The molecule has 3 aromatic rings. The Morgan fingerprint density at radius 1 is 1.15 bits per heavy atom. The van der Waals surface area contributed by atoms with E-state index < -0.39 is 29.3 Å². The SMILES string of the molecule is CC(NC(=O)COC(=O)c1ccc([N+](=O)[O-])o1)c1cccc2ccccc12.